The Kier molecular flexibility index (Phi) is 5.97. The molecular weight excluding hydrogens is 449 g/mol. The second kappa shape index (κ2) is 8.57. The molecule has 2 heterocycles. The Bertz CT molecular complexity index is 1130. The first-order valence-electron chi connectivity index (χ1n) is 9.62. The van der Waals surface area contributed by atoms with Crippen LogP contribution in [0.3, 0.4) is 0 Å². The fraction of sp³-hybridized carbons (Fsp3) is 0.286. The maximum Gasteiger partial charge on any atom is 0.387 e. The normalized spacial score (nSPS) is 17.7. The van der Waals surface area contributed by atoms with E-state index in [2.05, 4.69) is 4.74 Å². The van der Waals surface area contributed by atoms with E-state index in [0.717, 1.165) is 35.4 Å². The molecule has 2 aliphatic rings. The van der Waals surface area contributed by atoms with Gasteiger partial charge in [0.1, 0.15) is 11.6 Å². The fourth-order valence-electron chi connectivity index (χ4n) is 3.77. The zero-order chi connectivity index (χ0) is 23.0. The summed E-state index contributed by atoms with van der Waals surface area (Å²) in [6, 6.07) is 9.70. The molecule has 0 radical (unpaired) electrons. The zero-order valence-corrected chi connectivity index (χ0v) is 17.4. The first-order chi connectivity index (χ1) is 15.1. The van der Waals surface area contributed by atoms with E-state index in [-0.39, 0.29) is 42.4 Å². The molecule has 2 aromatic carbocycles. The van der Waals surface area contributed by atoms with E-state index in [1.54, 1.807) is 0 Å². The second-order valence-electron chi connectivity index (χ2n) is 7.48. The molecule has 1 N–H and O–H groups in total. The minimum Gasteiger partial charge on any atom is -0.435 e. The third-order valence-electron chi connectivity index (χ3n) is 5.42. The summed E-state index contributed by atoms with van der Waals surface area (Å²) in [5.74, 6) is -1.17. The molecule has 0 saturated carbocycles. The van der Waals surface area contributed by atoms with Crippen LogP contribution in [0.4, 0.5) is 13.2 Å². The highest BCUT2D eigenvalue weighted by Gasteiger charge is 2.38. The molecule has 0 saturated heterocycles. The number of halogens is 3. The van der Waals surface area contributed by atoms with Crippen LogP contribution in [-0.2, 0) is 14.8 Å². The SMILES string of the molecule is O=C([C@H](O)c1ccc(F)cc1)N1CC2=C(C1)CN(S(=O)(=O)c1ccc(OC(F)F)cc1)C2. The molecule has 1 amide bonds. The average Bonchev–Trinajstić information content (AvgIpc) is 3.33. The summed E-state index contributed by atoms with van der Waals surface area (Å²) in [6.45, 7) is -2.47. The van der Waals surface area contributed by atoms with Crippen molar-refractivity contribution in [1.82, 2.24) is 9.21 Å². The fourth-order valence-corrected chi connectivity index (χ4v) is 5.20. The van der Waals surface area contributed by atoms with Gasteiger partial charge in [0.25, 0.3) is 5.91 Å². The lowest BCUT2D eigenvalue weighted by Crippen LogP contribution is -2.38. The molecule has 170 valence electrons. The molecule has 0 aliphatic carbocycles. The predicted molar refractivity (Wildman–Crippen MR) is 107 cm³/mol. The second-order valence-corrected chi connectivity index (χ2v) is 9.42. The number of sulfonamides is 1. The molecule has 0 spiro atoms. The molecule has 7 nitrogen and oxygen atoms in total. The number of ether oxygens (including phenoxy) is 1. The highest BCUT2D eigenvalue weighted by molar-refractivity contribution is 7.89. The van der Waals surface area contributed by atoms with Crippen molar-refractivity contribution in [1.29, 1.82) is 0 Å². The van der Waals surface area contributed by atoms with Crippen molar-refractivity contribution in [3.8, 4) is 5.75 Å². The number of nitrogens with zero attached hydrogens (tertiary/aromatic N) is 2. The van der Waals surface area contributed by atoms with Crippen LogP contribution in [-0.4, -0.2) is 61.4 Å². The molecule has 2 aromatic rings. The van der Waals surface area contributed by atoms with E-state index in [9.17, 15) is 31.5 Å². The number of carbonyl (C=O) groups excluding carboxylic acids is 1. The Balaban J connectivity index is 1.39. The van der Waals surface area contributed by atoms with Gasteiger partial charge in [0.15, 0.2) is 6.10 Å². The van der Waals surface area contributed by atoms with Gasteiger partial charge in [0.2, 0.25) is 10.0 Å². The minimum atomic E-state index is -3.87. The Morgan fingerprint density at radius 2 is 1.50 bits per heavy atom. The van der Waals surface area contributed by atoms with Crippen molar-refractivity contribution in [2.75, 3.05) is 26.2 Å². The number of hydrogen-bond donors (Lipinski definition) is 1. The molecule has 32 heavy (non-hydrogen) atoms. The van der Waals surface area contributed by atoms with Gasteiger partial charge in [-0.05, 0) is 53.1 Å². The Labute approximate surface area is 182 Å². The van der Waals surface area contributed by atoms with Gasteiger partial charge in [-0.25, -0.2) is 12.8 Å². The van der Waals surface area contributed by atoms with E-state index in [4.69, 9.17) is 0 Å². The molecule has 0 aromatic heterocycles. The standard InChI is InChI=1S/C21H19F3N2O5S/c22-16-3-1-13(2-4-16)19(27)20(28)25-9-14-11-26(12-15(14)10-25)32(29,30)18-7-5-17(6-8-18)31-21(23)24/h1-8,19,21,27H,9-12H2/t19-/m1/s1. The summed E-state index contributed by atoms with van der Waals surface area (Å²) in [5, 5.41) is 10.3. The van der Waals surface area contributed by atoms with Gasteiger partial charge in [-0.15, -0.1) is 0 Å². The summed E-state index contributed by atoms with van der Waals surface area (Å²) in [6.07, 6.45) is -1.44. The first-order valence-corrected chi connectivity index (χ1v) is 11.1. The van der Waals surface area contributed by atoms with Gasteiger partial charge < -0.3 is 14.7 Å². The Morgan fingerprint density at radius 3 is 2.03 bits per heavy atom. The van der Waals surface area contributed by atoms with Gasteiger partial charge in [0.05, 0.1) is 4.90 Å². The summed E-state index contributed by atoms with van der Waals surface area (Å²) in [5.41, 5.74) is 1.81. The van der Waals surface area contributed by atoms with Crippen LogP contribution >= 0.6 is 0 Å². The predicted octanol–water partition coefficient (Wildman–Crippen LogP) is 2.30. The summed E-state index contributed by atoms with van der Waals surface area (Å²) < 4.78 is 68.9. The van der Waals surface area contributed by atoms with Gasteiger partial charge in [0, 0.05) is 26.2 Å². The highest BCUT2D eigenvalue weighted by Crippen LogP contribution is 2.32. The van der Waals surface area contributed by atoms with Gasteiger partial charge in [-0.1, -0.05) is 12.1 Å². The van der Waals surface area contributed by atoms with Crippen molar-refractivity contribution in [2.24, 2.45) is 0 Å². The molecule has 1 atom stereocenters. The van der Waals surface area contributed by atoms with E-state index in [0.29, 0.717) is 0 Å². The van der Waals surface area contributed by atoms with E-state index >= 15 is 0 Å². The van der Waals surface area contributed by atoms with E-state index in [1.807, 2.05) is 0 Å². The number of alkyl halides is 2. The first kappa shape index (κ1) is 22.3. The lowest BCUT2D eigenvalue weighted by atomic mass is 10.1. The topological polar surface area (TPSA) is 87.2 Å². The number of benzene rings is 2. The zero-order valence-electron chi connectivity index (χ0n) is 16.6. The van der Waals surface area contributed by atoms with Crippen LogP contribution in [0.5, 0.6) is 5.75 Å². The summed E-state index contributed by atoms with van der Waals surface area (Å²) in [7, 11) is -3.87. The van der Waals surface area contributed by atoms with Crippen molar-refractivity contribution in [2.45, 2.75) is 17.6 Å². The number of aliphatic hydroxyl groups excluding tert-OH is 1. The molecule has 0 unspecified atom stereocenters. The molecule has 4 rings (SSSR count). The van der Waals surface area contributed by atoms with Crippen LogP contribution < -0.4 is 4.74 Å². The quantitative estimate of drug-likeness (QED) is 0.658. The molecule has 0 fully saturated rings. The number of amides is 1. The Hall–Kier alpha value is -2.89. The maximum absolute atomic E-state index is 13.1. The molecule has 11 heteroatoms. The van der Waals surface area contributed by atoms with E-state index in [1.165, 1.54) is 33.5 Å². The summed E-state index contributed by atoms with van der Waals surface area (Å²) >= 11 is 0. The minimum absolute atomic E-state index is 0.0556. The van der Waals surface area contributed by atoms with Gasteiger partial charge >= 0.3 is 6.61 Å². The third-order valence-corrected chi connectivity index (χ3v) is 7.22. The molecule has 0 bridgehead atoms. The van der Waals surface area contributed by atoms with Crippen LogP contribution in [0, 0.1) is 5.82 Å². The Morgan fingerprint density at radius 1 is 0.938 bits per heavy atom. The average molecular weight is 468 g/mol. The monoisotopic (exact) mass is 468 g/mol. The number of aliphatic hydroxyl groups is 1. The van der Waals surface area contributed by atoms with Gasteiger partial charge in [-0.3, -0.25) is 4.79 Å². The van der Waals surface area contributed by atoms with Crippen molar-refractivity contribution < 1.29 is 36.2 Å². The maximum atomic E-state index is 13.1. The lowest BCUT2D eigenvalue weighted by molar-refractivity contribution is -0.139. The third kappa shape index (κ3) is 4.36. The van der Waals surface area contributed by atoms with Crippen LogP contribution in [0.15, 0.2) is 64.6 Å². The molecule has 2 aliphatic heterocycles. The number of carbonyl (C=O) groups is 1. The van der Waals surface area contributed by atoms with Crippen molar-refractivity contribution in [3.05, 3.63) is 71.1 Å². The smallest absolute Gasteiger partial charge is 0.387 e. The van der Waals surface area contributed by atoms with E-state index < -0.39 is 34.5 Å². The van der Waals surface area contributed by atoms with Crippen molar-refractivity contribution in [3.63, 3.8) is 0 Å². The van der Waals surface area contributed by atoms with Gasteiger partial charge in [-0.2, -0.15) is 13.1 Å². The molecular formula is C21H19F3N2O5S. The van der Waals surface area contributed by atoms with Crippen molar-refractivity contribution >= 4 is 15.9 Å². The largest absolute Gasteiger partial charge is 0.435 e. The van der Waals surface area contributed by atoms with Crippen LogP contribution in [0.1, 0.15) is 11.7 Å². The van der Waals surface area contributed by atoms with Crippen LogP contribution in [0.25, 0.3) is 0 Å². The number of rotatable bonds is 6. The van der Waals surface area contributed by atoms with Crippen LogP contribution in [0.2, 0.25) is 0 Å². The number of hydrogen-bond acceptors (Lipinski definition) is 5. The lowest BCUT2D eigenvalue weighted by Gasteiger charge is -2.24. The highest BCUT2D eigenvalue weighted by atomic mass is 32.2. The summed E-state index contributed by atoms with van der Waals surface area (Å²) in [4.78, 5) is 14.0.